The minimum absolute atomic E-state index is 0.136. The molecule has 0 aliphatic carbocycles. The summed E-state index contributed by atoms with van der Waals surface area (Å²) >= 11 is 3.52. The Bertz CT molecular complexity index is 1730. The molecular weight excluding hydrogens is 520 g/mol. The number of aromatic nitrogens is 2. The summed E-state index contributed by atoms with van der Waals surface area (Å²) in [7, 11) is 0. The van der Waals surface area contributed by atoms with E-state index in [9.17, 15) is 0 Å². The molecule has 0 saturated heterocycles. The Morgan fingerprint density at radius 2 is 1.41 bits per heavy atom. The third-order valence-corrected chi connectivity index (χ3v) is 7.23. The number of para-hydroxylation sites is 1. The third kappa shape index (κ3) is 4.54. The van der Waals surface area contributed by atoms with Gasteiger partial charge in [-0.1, -0.05) is 85.2 Å². The number of rotatable bonds is 4. The topological polar surface area (TPSA) is 27.1 Å². The highest BCUT2D eigenvalue weighted by Crippen LogP contribution is 2.35. The fraction of sp³-hybridized carbons (Fsp3) is 0.121. The van der Waals surface area contributed by atoms with Crippen LogP contribution in [0.25, 0.3) is 38.8 Å². The molecule has 0 radical (unpaired) electrons. The van der Waals surface area contributed by atoms with Crippen LogP contribution < -0.4 is 4.74 Å². The number of ether oxygens (including phenoxy) is 1. The highest BCUT2D eigenvalue weighted by molar-refractivity contribution is 9.10. The highest BCUT2D eigenvalue weighted by atomic mass is 79.9. The van der Waals surface area contributed by atoms with Crippen molar-refractivity contribution in [2.45, 2.75) is 26.2 Å². The molecule has 0 bridgehead atoms. The van der Waals surface area contributed by atoms with Crippen LogP contribution in [0.5, 0.6) is 11.5 Å². The smallest absolute Gasteiger partial charge is 0.137 e. The summed E-state index contributed by atoms with van der Waals surface area (Å²) in [6.45, 7) is 6.71. The minimum atomic E-state index is 0.136. The van der Waals surface area contributed by atoms with Gasteiger partial charge in [0.2, 0.25) is 0 Å². The zero-order chi connectivity index (χ0) is 25.6. The lowest BCUT2D eigenvalue weighted by molar-refractivity contribution is 0.483. The van der Waals surface area contributed by atoms with Crippen molar-refractivity contribution in [3.8, 4) is 28.4 Å². The van der Waals surface area contributed by atoms with E-state index in [1.54, 1.807) is 0 Å². The van der Waals surface area contributed by atoms with Crippen LogP contribution in [0.2, 0.25) is 0 Å². The van der Waals surface area contributed by atoms with E-state index in [1.807, 2.05) is 36.5 Å². The molecule has 2 heterocycles. The van der Waals surface area contributed by atoms with E-state index in [1.165, 1.54) is 21.9 Å². The van der Waals surface area contributed by atoms with Gasteiger partial charge < -0.3 is 4.74 Å². The third-order valence-electron chi connectivity index (χ3n) is 6.74. The van der Waals surface area contributed by atoms with Crippen LogP contribution in [-0.2, 0) is 5.41 Å². The monoisotopic (exact) mass is 546 g/mol. The second-order valence-corrected chi connectivity index (χ2v) is 11.2. The molecular formula is C33H27BrN2O. The van der Waals surface area contributed by atoms with E-state index in [2.05, 4.69) is 114 Å². The quantitative estimate of drug-likeness (QED) is 0.220. The van der Waals surface area contributed by atoms with Crippen molar-refractivity contribution in [1.82, 2.24) is 9.55 Å². The summed E-state index contributed by atoms with van der Waals surface area (Å²) in [5, 5.41) is 2.36. The second kappa shape index (κ2) is 9.20. The number of halogens is 1. The van der Waals surface area contributed by atoms with Gasteiger partial charge in [-0.15, -0.1) is 0 Å². The van der Waals surface area contributed by atoms with Crippen LogP contribution in [0, 0.1) is 0 Å². The molecule has 0 unspecified atom stereocenters. The van der Waals surface area contributed by atoms with E-state index in [-0.39, 0.29) is 5.41 Å². The van der Waals surface area contributed by atoms with E-state index in [0.29, 0.717) is 0 Å². The van der Waals surface area contributed by atoms with Gasteiger partial charge in [-0.05, 0) is 65.1 Å². The number of nitrogens with zero attached hydrogens (tertiary/aromatic N) is 2. The van der Waals surface area contributed by atoms with Gasteiger partial charge in [0.1, 0.15) is 17.3 Å². The molecule has 182 valence electrons. The van der Waals surface area contributed by atoms with Crippen molar-refractivity contribution in [2.24, 2.45) is 0 Å². The van der Waals surface area contributed by atoms with Crippen LogP contribution in [0.4, 0.5) is 0 Å². The zero-order valence-electron chi connectivity index (χ0n) is 21.1. The first-order valence-corrected chi connectivity index (χ1v) is 13.2. The highest BCUT2D eigenvalue weighted by Gasteiger charge is 2.15. The number of fused-ring (bicyclic) bond motifs is 3. The summed E-state index contributed by atoms with van der Waals surface area (Å²) in [4.78, 5) is 4.91. The molecule has 6 rings (SSSR count). The van der Waals surface area contributed by atoms with Gasteiger partial charge in [-0.25, -0.2) is 4.98 Å². The lowest BCUT2D eigenvalue weighted by Crippen LogP contribution is -2.10. The average Bonchev–Trinajstić information content (AvgIpc) is 3.22. The normalized spacial score (nSPS) is 11.8. The molecule has 0 N–H and O–H groups in total. The predicted molar refractivity (Wildman–Crippen MR) is 157 cm³/mol. The number of hydrogen-bond donors (Lipinski definition) is 0. The maximum absolute atomic E-state index is 6.20. The van der Waals surface area contributed by atoms with E-state index in [0.717, 1.165) is 38.4 Å². The van der Waals surface area contributed by atoms with Crippen molar-refractivity contribution < 1.29 is 4.74 Å². The fourth-order valence-electron chi connectivity index (χ4n) is 4.78. The molecule has 0 aliphatic heterocycles. The van der Waals surface area contributed by atoms with Crippen molar-refractivity contribution in [2.75, 3.05) is 0 Å². The zero-order valence-corrected chi connectivity index (χ0v) is 22.7. The number of hydrogen-bond acceptors (Lipinski definition) is 2. The van der Waals surface area contributed by atoms with Crippen molar-refractivity contribution in [3.63, 3.8) is 0 Å². The van der Waals surface area contributed by atoms with E-state index in [4.69, 9.17) is 9.72 Å². The minimum Gasteiger partial charge on any atom is -0.457 e. The summed E-state index contributed by atoms with van der Waals surface area (Å²) in [5.74, 6) is 2.45. The Labute approximate surface area is 225 Å². The van der Waals surface area contributed by atoms with E-state index < -0.39 is 0 Å². The first kappa shape index (κ1) is 23.5. The molecule has 0 saturated carbocycles. The number of benzene rings is 4. The maximum Gasteiger partial charge on any atom is 0.137 e. The van der Waals surface area contributed by atoms with E-state index >= 15 is 0 Å². The van der Waals surface area contributed by atoms with Crippen molar-refractivity contribution >= 4 is 37.7 Å². The molecule has 0 fully saturated rings. The standard InChI is InChI=1S/C33H27BrN2O/c1-33(2,3)24-14-11-22(12-15-24)23-13-18-32(35-21-23)36-30-10-5-4-9-28(30)29-17-16-27(20-31(29)36)37-26-8-6-7-25(34)19-26/h4-21H,1-3H3. The predicted octanol–water partition coefficient (Wildman–Crippen LogP) is 9.70. The molecule has 0 atom stereocenters. The molecule has 0 amide bonds. The van der Waals surface area contributed by atoms with Gasteiger partial charge in [-0.3, -0.25) is 4.57 Å². The van der Waals surface area contributed by atoms with Crippen LogP contribution in [0.15, 0.2) is 114 Å². The Morgan fingerprint density at radius 3 is 2.14 bits per heavy atom. The van der Waals surface area contributed by atoms with Gasteiger partial charge >= 0.3 is 0 Å². The van der Waals surface area contributed by atoms with Crippen LogP contribution >= 0.6 is 15.9 Å². The summed E-state index contributed by atoms with van der Waals surface area (Å²) in [6, 6.07) is 35.6. The Hall–Kier alpha value is -3.89. The first-order valence-electron chi connectivity index (χ1n) is 12.4. The molecule has 37 heavy (non-hydrogen) atoms. The molecule has 4 heteroatoms. The van der Waals surface area contributed by atoms with Crippen LogP contribution in [0.3, 0.4) is 0 Å². The molecule has 4 aromatic carbocycles. The van der Waals surface area contributed by atoms with Gasteiger partial charge in [0, 0.05) is 33.1 Å². The second-order valence-electron chi connectivity index (χ2n) is 10.3. The van der Waals surface area contributed by atoms with Gasteiger partial charge in [-0.2, -0.15) is 0 Å². The summed E-state index contributed by atoms with van der Waals surface area (Å²) in [6.07, 6.45) is 1.96. The van der Waals surface area contributed by atoms with Crippen molar-refractivity contribution in [3.05, 3.63) is 119 Å². The molecule has 6 aromatic rings. The molecule has 2 aromatic heterocycles. The van der Waals surface area contributed by atoms with Gasteiger partial charge in [0.05, 0.1) is 11.0 Å². The van der Waals surface area contributed by atoms with Gasteiger partial charge in [0.25, 0.3) is 0 Å². The molecule has 0 spiro atoms. The fourth-order valence-corrected chi connectivity index (χ4v) is 5.16. The maximum atomic E-state index is 6.20. The summed E-state index contributed by atoms with van der Waals surface area (Å²) < 4.78 is 9.40. The Kier molecular flexibility index (Phi) is 5.85. The largest absolute Gasteiger partial charge is 0.457 e. The van der Waals surface area contributed by atoms with Gasteiger partial charge in [0.15, 0.2) is 0 Å². The molecule has 3 nitrogen and oxygen atoms in total. The Morgan fingerprint density at radius 1 is 0.676 bits per heavy atom. The lowest BCUT2D eigenvalue weighted by Gasteiger charge is -2.19. The van der Waals surface area contributed by atoms with Crippen LogP contribution in [-0.4, -0.2) is 9.55 Å². The Balaban J connectivity index is 1.42. The number of pyridine rings is 1. The van der Waals surface area contributed by atoms with Crippen molar-refractivity contribution in [1.29, 1.82) is 0 Å². The molecule has 0 aliphatic rings. The average molecular weight is 547 g/mol. The summed E-state index contributed by atoms with van der Waals surface area (Å²) in [5.41, 5.74) is 5.90. The lowest BCUT2D eigenvalue weighted by atomic mass is 9.86. The SMILES string of the molecule is CC(C)(C)c1ccc(-c2ccc(-n3c4ccccc4c4ccc(Oc5cccc(Br)c5)cc43)nc2)cc1. The van der Waals surface area contributed by atoms with Crippen LogP contribution in [0.1, 0.15) is 26.3 Å². The first-order chi connectivity index (χ1) is 17.9.